The summed E-state index contributed by atoms with van der Waals surface area (Å²) in [6, 6.07) is 6.46. The van der Waals surface area contributed by atoms with E-state index in [2.05, 4.69) is 23.5 Å². The molecule has 0 spiro atoms. The molecule has 2 N–H and O–H groups in total. The molecule has 0 fully saturated rings. The van der Waals surface area contributed by atoms with Crippen LogP contribution in [0.15, 0.2) is 29.2 Å². The molecule has 1 unspecified atom stereocenters. The van der Waals surface area contributed by atoms with Gasteiger partial charge >= 0.3 is 0 Å². The quantitative estimate of drug-likeness (QED) is 0.759. The standard InChI is InChI=1S/C16H23NO3S/c1-3-4-8-14(2)17-21(19,20)16-11-7-10-15(13-16)9-5-6-12-18/h7,10-11,13-14,17-18H,3-4,6,8,12H2,1-2H3. The third-order valence-corrected chi connectivity index (χ3v) is 4.55. The van der Waals surface area contributed by atoms with E-state index in [-0.39, 0.29) is 17.5 Å². The summed E-state index contributed by atoms with van der Waals surface area (Å²) in [5.74, 6) is 5.63. The first kappa shape index (κ1) is 17.7. The molecule has 0 saturated carbocycles. The van der Waals surface area contributed by atoms with Crippen LogP contribution >= 0.6 is 0 Å². The number of aliphatic hydroxyl groups excluding tert-OH is 1. The van der Waals surface area contributed by atoms with Crippen LogP contribution in [-0.2, 0) is 10.0 Å². The van der Waals surface area contributed by atoms with Crippen LogP contribution in [0.3, 0.4) is 0 Å². The van der Waals surface area contributed by atoms with Crippen molar-refractivity contribution in [2.45, 2.75) is 50.5 Å². The van der Waals surface area contributed by atoms with Gasteiger partial charge in [-0.25, -0.2) is 13.1 Å². The number of benzene rings is 1. The van der Waals surface area contributed by atoms with E-state index in [1.165, 1.54) is 0 Å². The van der Waals surface area contributed by atoms with Crippen LogP contribution in [0.2, 0.25) is 0 Å². The number of sulfonamides is 1. The Morgan fingerprint density at radius 1 is 1.38 bits per heavy atom. The Balaban J connectivity index is 2.84. The number of nitrogens with one attached hydrogen (secondary N) is 1. The van der Waals surface area contributed by atoms with Gasteiger partial charge in [0.1, 0.15) is 0 Å². The molecule has 4 nitrogen and oxygen atoms in total. The molecule has 1 atom stereocenters. The SMILES string of the molecule is CCCCC(C)NS(=O)(=O)c1cccc(C#CCCO)c1. The highest BCUT2D eigenvalue weighted by atomic mass is 32.2. The number of hydrogen-bond donors (Lipinski definition) is 2. The predicted molar refractivity (Wildman–Crippen MR) is 84.3 cm³/mol. The fraction of sp³-hybridized carbons (Fsp3) is 0.500. The molecule has 116 valence electrons. The largest absolute Gasteiger partial charge is 0.395 e. The molecular formula is C16H23NO3S. The molecule has 21 heavy (non-hydrogen) atoms. The molecule has 0 amide bonds. The van der Waals surface area contributed by atoms with Gasteiger partial charge in [0.2, 0.25) is 10.0 Å². The fourth-order valence-electron chi connectivity index (χ4n) is 1.86. The lowest BCUT2D eigenvalue weighted by Gasteiger charge is -2.13. The maximum Gasteiger partial charge on any atom is 0.240 e. The summed E-state index contributed by atoms with van der Waals surface area (Å²) in [5.41, 5.74) is 0.632. The molecule has 0 saturated heterocycles. The van der Waals surface area contributed by atoms with Crippen molar-refractivity contribution in [3.63, 3.8) is 0 Å². The van der Waals surface area contributed by atoms with E-state index >= 15 is 0 Å². The maximum atomic E-state index is 12.3. The highest BCUT2D eigenvalue weighted by molar-refractivity contribution is 7.89. The number of hydrogen-bond acceptors (Lipinski definition) is 3. The Morgan fingerprint density at radius 2 is 2.14 bits per heavy atom. The highest BCUT2D eigenvalue weighted by Gasteiger charge is 2.17. The van der Waals surface area contributed by atoms with Crippen LogP contribution in [0.1, 0.15) is 45.1 Å². The summed E-state index contributed by atoms with van der Waals surface area (Å²) in [6.45, 7) is 3.95. The Hall–Kier alpha value is -1.35. The van der Waals surface area contributed by atoms with Crippen molar-refractivity contribution in [2.24, 2.45) is 0 Å². The van der Waals surface area contributed by atoms with E-state index < -0.39 is 10.0 Å². The van der Waals surface area contributed by atoms with Crippen molar-refractivity contribution < 1.29 is 13.5 Å². The maximum absolute atomic E-state index is 12.3. The monoisotopic (exact) mass is 309 g/mol. The van der Waals surface area contributed by atoms with E-state index in [4.69, 9.17) is 5.11 Å². The van der Waals surface area contributed by atoms with Gasteiger partial charge in [-0.3, -0.25) is 0 Å². The summed E-state index contributed by atoms with van der Waals surface area (Å²) in [5, 5.41) is 8.69. The van der Waals surface area contributed by atoms with Crippen molar-refractivity contribution in [3.05, 3.63) is 29.8 Å². The first-order valence-electron chi connectivity index (χ1n) is 7.21. The molecule has 1 aromatic rings. The molecule has 0 aliphatic rings. The molecule has 0 heterocycles. The van der Waals surface area contributed by atoms with Crippen molar-refractivity contribution in [1.82, 2.24) is 4.72 Å². The summed E-state index contributed by atoms with van der Waals surface area (Å²) >= 11 is 0. The van der Waals surface area contributed by atoms with Crippen LogP contribution in [0.4, 0.5) is 0 Å². The Labute approximate surface area is 127 Å². The zero-order valence-electron chi connectivity index (χ0n) is 12.6. The van der Waals surface area contributed by atoms with Gasteiger partial charge in [0, 0.05) is 18.0 Å². The van der Waals surface area contributed by atoms with Gasteiger partial charge in [0.25, 0.3) is 0 Å². The van der Waals surface area contributed by atoms with Crippen LogP contribution in [0.25, 0.3) is 0 Å². The topological polar surface area (TPSA) is 66.4 Å². The first-order valence-corrected chi connectivity index (χ1v) is 8.70. The summed E-state index contributed by atoms with van der Waals surface area (Å²) < 4.78 is 27.3. The van der Waals surface area contributed by atoms with Crippen molar-refractivity contribution in [2.75, 3.05) is 6.61 Å². The lowest BCUT2D eigenvalue weighted by molar-refractivity contribution is 0.305. The predicted octanol–water partition coefficient (Wildman–Crippen LogP) is 2.28. The molecule has 0 aliphatic carbocycles. The van der Waals surface area contributed by atoms with E-state index in [0.717, 1.165) is 19.3 Å². The van der Waals surface area contributed by atoms with Crippen LogP contribution in [-0.4, -0.2) is 26.2 Å². The second kappa shape index (κ2) is 8.83. The van der Waals surface area contributed by atoms with Gasteiger partial charge in [0.05, 0.1) is 11.5 Å². The van der Waals surface area contributed by atoms with Crippen LogP contribution in [0, 0.1) is 11.8 Å². The Morgan fingerprint density at radius 3 is 2.81 bits per heavy atom. The molecule has 1 aromatic carbocycles. The lowest BCUT2D eigenvalue weighted by atomic mass is 10.2. The first-order chi connectivity index (χ1) is 9.99. The molecule has 0 radical (unpaired) electrons. The van der Waals surface area contributed by atoms with Crippen molar-refractivity contribution >= 4 is 10.0 Å². The van der Waals surface area contributed by atoms with Crippen LogP contribution < -0.4 is 4.72 Å². The highest BCUT2D eigenvalue weighted by Crippen LogP contribution is 2.12. The van der Waals surface area contributed by atoms with Gasteiger partial charge in [-0.2, -0.15) is 0 Å². The normalized spacial score (nSPS) is 12.5. The van der Waals surface area contributed by atoms with Crippen molar-refractivity contribution in [1.29, 1.82) is 0 Å². The van der Waals surface area contributed by atoms with Gasteiger partial charge in [-0.05, 0) is 31.5 Å². The third-order valence-electron chi connectivity index (χ3n) is 2.96. The Kier molecular flexibility index (Phi) is 7.44. The van der Waals surface area contributed by atoms with E-state index in [1.807, 2.05) is 6.92 Å². The second-order valence-electron chi connectivity index (χ2n) is 4.97. The Bertz CT molecular complexity index is 599. The molecular weight excluding hydrogens is 286 g/mol. The minimum absolute atomic E-state index is 0.00148. The number of aliphatic hydroxyl groups is 1. The van der Waals surface area contributed by atoms with Gasteiger partial charge in [0.15, 0.2) is 0 Å². The third kappa shape index (κ3) is 6.30. The number of rotatable bonds is 7. The minimum atomic E-state index is -3.51. The van der Waals surface area contributed by atoms with Gasteiger partial charge < -0.3 is 5.11 Å². The smallest absolute Gasteiger partial charge is 0.240 e. The van der Waals surface area contributed by atoms with E-state index in [0.29, 0.717) is 12.0 Å². The van der Waals surface area contributed by atoms with E-state index in [1.54, 1.807) is 24.3 Å². The zero-order chi connectivity index (χ0) is 15.7. The van der Waals surface area contributed by atoms with Crippen molar-refractivity contribution in [3.8, 4) is 11.8 Å². The molecule has 0 aliphatic heterocycles. The van der Waals surface area contributed by atoms with Gasteiger partial charge in [-0.15, -0.1) is 0 Å². The summed E-state index contributed by atoms with van der Waals surface area (Å²) in [4.78, 5) is 0.224. The van der Waals surface area contributed by atoms with E-state index in [9.17, 15) is 8.42 Å². The zero-order valence-corrected chi connectivity index (χ0v) is 13.4. The average Bonchev–Trinajstić information content (AvgIpc) is 2.45. The summed E-state index contributed by atoms with van der Waals surface area (Å²) in [7, 11) is -3.51. The lowest BCUT2D eigenvalue weighted by Crippen LogP contribution is -2.32. The molecule has 0 bridgehead atoms. The summed E-state index contributed by atoms with van der Waals surface area (Å²) in [6.07, 6.45) is 3.24. The number of unbranched alkanes of at least 4 members (excludes halogenated alkanes) is 1. The molecule has 5 heteroatoms. The molecule has 0 aromatic heterocycles. The van der Waals surface area contributed by atoms with Gasteiger partial charge in [-0.1, -0.05) is 37.7 Å². The average molecular weight is 309 g/mol. The minimum Gasteiger partial charge on any atom is -0.395 e. The fourth-order valence-corrected chi connectivity index (χ4v) is 3.19. The molecule has 1 rings (SSSR count). The van der Waals surface area contributed by atoms with Crippen LogP contribution in [0.5, 0.6) is 0 Å². The second-order valence-corrected chi connectivity index (χ2v) is 6.68.